The molecule has 3 aromatic heterocycles. The van der Waals surface area contributed by atoms with Crippen LogP contribution >= 0.6 is 0 Å². The molecule has 4 aromatic rings. The highest BCUT2D eigenvalue weighted by Gasteiger charge is 2.31. The average molecular weight is 454 g/mol. The Morgan fingerprint density at radius 3 is 2.85 bits per heavy atom. The van der Waals surface area contributed by atoms with Crippen LogP contribution in [0.3, 0.4) is 0 Å². The molecule has 0 N–H and O–H groups in total. The molecule has 3 atom stereocenters. The predicted octanol–water partition coefficient (Wildman–Crippen LogP) is 5.86. The molecule has 174 valence electrons. The van der Waals surface area contributed by atoms with E-state index in [1.54, 1.807) is 6.20 Å². The van der Waals surface area contributed by atoms with Gasteiger partial charge in [-0.15, -0.1) is 0 Å². The number of hydrogen-bond donors (Lipinski definition) is 0. The predicted molar refractivity (Wildman–Crippen MR) is 133 cm³/mol. The highest BCUT2D eigenvalue weighted by Crippen LogP contribution is 2.39. The van der Waals surface area contributed by atoms with Gasteiger partial charge in [0.05, 0.1) is 22.9 Å². The summed E-state index contributed by atoms with van der Waals surface area (Å²) in [6.07, 6.45) is 10.6. The van der Waals surface area contributed by atoms with Crippen LogP contribution in [0.5, 0.6) is 0 Å². The van der Waals surface area contributed by atoms with Crippen molar-refractivity contribution in [3.63, 3.8) is 0 Å². The van der Waals surface area contributed by atoms with E-state index in [0.717, 1.165) is 54.0 Å². The first kappa shape index (κ1) is 21.3. The van der Waals surface area contributed by atoms with E-state index in [1.165, 1.54) is 30.5 Å². The monoisotopic (exact) mass is 453 g/mol. The number of amides is 1. The number of pyridine rings is 1. The molecule has 0 bridgehead atoms. The van der Waals surface area contributed by atoms with Crippen molar-refractivity contribution in [3.8, 4) is 0 Å². The second kappa shape index (κ2) is 8.49. The maximum absolute atomic E-state index is 13.6. The van der Waals surface area contributed by atoms with Crippen molar-refractivity contribution >= 4 is 22.5 Å². The summed E-state index contributed by atoms with van der Waals surface area (Å²) in [5.41, 5.74) is 5.81. The van der Waals surface area contributed by atoms with Crippen LogP contribution in [-0.4, -0.2) is 36.9 Å². The minimum Gasteiger partial charge on any atom is -0.330 e. The van der Waals surface area contributed by atoms with Gasteiger partial charge in [-0.1, -0.05) is 25.5 Å². The molecule has 6 nitrogen and oxygen atoms in total. The van der Waals surface area contributed by atoms with Gasteiger partial charge in [0.25, 0.3) is 5.91 Å². The molecule has 1 aromatic carbocycles. The summed E-state index contributed by atoms with van der Waals surface area (Å²) >= 11 is 0. The number of nitrogens with zero attached hydrogens (tertiary/aromatic N) is 5. The van der Waals surface area contributed by atoms with Crippen LogP contribution in [0.4, 0.5) is 0 Å². The summed E-state index contributed by atoms with van der Waals surface area (Å²) < 4.78 is 1.91. The molecule has 2 aliphatic rings. The first-order valence-corrected chi connectivity index (χ1v) is 12.6. The molecular weight excluding hydrogens is 422 g/mol. The third kappa shape index (κ3) is 3.75. The van der Waals surface area contributed by atoms with Gasteiger partial charge >= 0.3 is 0 Å². The van der Waals surface area contributed by atoms with E-state index in [0.29, 0.717) is 11.5 Å². The summed E-state index contributed by atoms with van der Waals surface area (Å²) in [6, 6.07) is 11.8. The molecule has 1 saturated heterocycles. The second-order valence-corrected chi connectivity index (χ2v) is 10.2. The Hall–Kier alpha value is -3.28. The van der Waals surface area contributed by atoms with Gasteiger partial charge in [-0.05, 0) is 68.7 Å². The van der Waals surface area contributed by atoms with Crippen LogP contribution < -0.4 is 0 Å². The molecule has 4 heterocycles. The Morgan fingerprint density at radius 2 is 2.00 bits per heavy atom. The van der Waals surface area contributed by atoms with Gasteiger partial charge < -0.3 is 4.90 Å². The smallest absolute Gasteiger partial charge is 0.254 e. The van der Waals surface area contributed by atoms with Gasteiger partial charge in [0.2, 0.25) is 0 Å². The minimum absolute atomic E-state index is 0.0300. The summed E-state index contributed by atoms with van der Waals surface area (Å²) in [4.78, 5) is 25.1. The van der Waals surface area contributed by atoms with E-state index in [2.05, 4.69) is 31.1 Å². The summed E-state index contributed by atoms with van der Waals surface area (Å²) in [5, 5.41) is 5.95. The molecule has 2 fully saturated rings. The molecule has 1 aliphatic heterocycles. The largest absolute Gasteiger partial charge is 0.330 e. The van der Waals surface area contributed by atoms with Gasteiger partial charge in [0, 0.05) is 41.9 Å². The van der Waals surface area contributed by atoms with Crippen LogP contribution in [0.2, 0.25) is 0 Å². The number of fused-ring (bicyclic) bond motifs is 2. The molecule has 1 saturated carbocycles. The summed E-state index contributed by atoms with van der Waals surface area (Å²) in [5.74, 6) is 1.38. The van der Waals surface area contributed by atoms with Crippen LogP contribution in [-0.2, 0) is 0 Å². The van der Waals surface area contributed by atoms with Crippen LogP contribution in [0.25, 0.3) is 16.6 Å². The number of benzene rings is 1. The minimum atomic E-state index is -0.0300. The lowest BCUT2D eigenvalue weighted by Crippen LogP contribution is -2.38. The molecule has 0 radical (unpaired) electrons. The Morgan fingerprint density at radius 1 is 1.09 bits per heavy atom. The van der Waals surface area contributed by atoms with Gasteiger partial charge in [-0.25, -0.2) is 9.50 Å². The van der Waals surface area contributed by atoms with Gasteiger partial charge in [0.1, 0.15) is 0 Å². The van der Waals surface area contributed by atoms with Crippen molar-refractivity contribution in [2.24, 2.45) is 5.92 Å². The van der Waals surface area contributed by atoms with Crippen molar-refractivity contribution in [2.75, 3.05) is 6.54 Å². The van der Waals surface area contributed by atoms with Gasteiger partial charge in [0.15, 0.2) is 5.65 Å². The Labute approximate surface area is 200 Å². The second-order valence-electron chi connectivity index (χ2n) is 10.2. The summed E-state index contributed by atoms with van der Waals surface area (Å²) in [6.45, 7) is 5.23. The van der Waals surface area contributed by atoms with Crippen LogP contribution in [0.1, 0.15) is 84.7 Å². The van der Waals surface area contributed by atoms with Crippen molar-refractivity contribution < 1.29 is 4.79 Å². The normalized spacial score (nSPS) is 23.1. The van der Waals surface area contributed by atoms with E-state index >= 15 is 0 Å². The van der Waals surface area contributed by atoms with Crippen molar-refractivity contribution in [1.29, 1.82) is 0 Å². The average Bonchev–Trinajstić information content (AvgIpc) is 3.48. The Bertz CT molecular complexity index is 1380. The third-order valence-electron chi connectivity index (χ3n) is 7.73. The zero-order valence-corrected chi connectivity index (χ0v) is 19.9. The highest BCUT2D eigenvalue weighted by atomic mass is 16.2. The van der Waals surface area contributed by atoms with E-state index < -0.39 is 0 Å². The topological polar surface area (TPSA) is 63.4 Å². The lowest BCUT2D eigenvalue weighted by Gasteiger charge is -2.34. The van der Waals surface area contributed by atoms with Crippen molar-refractivity contribution in [2.45, 2.75) is 64.3 Å². The molecule has 6 heteroatoms. The van der Waals surface area contributed by atoms with Crippen molar-refractivity contribution in [3.05, 3.63) is 71.3 Å². The zero-order chi connectivity index (χ0) is 23.2. The first-order valence-electron chi connectivity index (χ1n) is 12.6. The number of carbonyl (C=O) groups excluding carboxylic acids is 1. The Balaban J connectivity index is 1.33. The standard InChI is InChI=1S/C28H31N5O/c1-18-8-9-21(14-18)27-19(2)17-33-26(30-27)16-24(31-33)25-7-3-4-13-32(25)28(34)22-11-10-20-6-5-12-29-23(20)15-22/h5-6,10-12,15-18,21,25H,3-4,7-9,13-14H2,1-2H3/t18-,21?,25-/m0/s1. The lowest BCUT2D eigenvalue weighted by atomic mass is 9.97. The fourth-order valence-corrected chi connectivity index (χ4v) is 5.92. The molecular formula is C28H31N5O. The number of piperidine rings is 1. The van der Waals surface area contributed by atoms with E-state index in [4.69, 9.17) is 10.1 Å². The molecule has 1 amide bonds. The SMILES string of the molecule is Cc1cn2nc([C@@H]3CCCCN3C(=O)c3ccc4cccnc4c3)cc2nc1C1CC[C@H](C)C1. The maximum atomic E-state index is 13.6. The fraction of sp³-hybridized carbons (Fsp3) is 0.429. The maximum Gasteiger partial charge on any atom is 0.254 e. The molecule has 6 rings (SSSR count). The van der Waals surface area contributed by atoms with Crippen molar-refractivity contribution in [1.82, 2.24) is 24.5 Å². The molecule has 0 spiro atoms. The number of carbonyl (C=O) groups is 1. The third-order valence-corrected chi connectivity index (χ3v) is 7.73. The van der Waals surface area contributed by atoms with Crippen LogP contribution in [0.15, 0.2) is 48.8 Å². The lowest BCUT2D eigenvalue weighted by molar-refractivity contribution is 0.0606. The number of hydrogen-bond acceptors (Lipinski definition) is 4. The number of aryl methyl sites for hydroxylation is 1. The van der Waals surface area contributed by atoms with E-state index in [1.807, 2.05) is 39.7 Å². The fourth-order valence-electron chi connectivity index (χ4n) is 5.92. The molecule has 34 heavy (non-hydrogen) atoms. The molecule has 1 aliphatic carbocycles. The zero-order valence-electron chi connectivity index (χ0n) is 19.9. The summed E-state index contributed by atoms with van der Waals surface area (Å²) in [7, 11) is 0. The number of aromatic nitrogens is 4. The van der Waals surface area contributed by atoms with Crippen LogP contribution in [0, 0.1) is 12.8 Å². The number of likely N-dealkylation sites (tertiary alicyclic amines) is 1. The van der Waals surface area contributed by atoms with E-state index in [-0.39, 0.29) is 11.9 Å². The van der Waals surface area contributed by atoms with Gasteiger partial charge in [-0.2, -0.15) is 5.10 Å². The van der Waals surface area contributed by atoms with E-state index in [9.17, 15) is 4.79 Å². The van der Waals surface area contributed by atoms with Gasteiger partial charge in [-0.3, -0.25) is 9.78 Å². The highest BCUT2D eigenvalue weighted by molar-refractivity contribution is 5.98. The first-order chi connectivity index (χ1) is 16.6. The Kier molecular flexibility index (Phi) is 5.31. The molecule has 1 unspecified atom stereocenters. The number of rotatable bonds is 3. The quantitative estimate of drug-likeness (QED) is 0.390.